The van der Waals surface area contributed by atoms with Crippen molar-refractivity contribution in [2.75, 3.05) is 0 Å². The van der Waals surface area contributed by atoms with Crippen LogP contribution in [-0.4, -0.2) is 0 Å². The molecule has 3 aromatic rings. The normalized spacial score (nSPS) is 12.2. The topological polar surface area (TPSA) is 30.2 Å². The maximum Gasteiger partial charge on any atom is 0.344 e. The number of aryl methyl sites for hydroxylation is 2. The van der Waals surface area contributed by atoms with E-state index in [1.54, 1.807) is 0 Å². The van der Waals surface area contributed by atoms with Crippen molar-refractivity contribution in [3.8, 4) is 0 Å². The third-order valence-corrected chi connectivity index (χ3v) is 5.60. The quantitative estimate of drug-likeness (QED) is 0.278. The molecular formula is C24H30O2. The SMILES string of the molecule is CCCCCCC(C)(C)c1ccc2c(c1)oc(=O)c1c(C)cc(C)cc12. The maximum absolute atomic E-state index is 12.6. The molecule has 0 unspecified atom stereocenters. The summed E-state index contributed by atoms with van der Waals surface area (Å²) in [5, 5.41) is 2.73. The first-order chi connectivity index (χ1) is 12.3. The van der Waals surface area contributed by atoms with E-state index in [-0.39, 0.29) is 11.0 Å². The Morgan fingerprint density at radius 2 is 1.73 bits per heavy atom. The van der Waals surface area contributed by atoms with Gasteiger partial charge >= 0.3 is 5.63 Å². The van der Waals surface area contributed by atoms with Crippen LogP contribution in [0.4, 0.5) is 0 Å². The van der Waals surface area contributed by atoms with Gasteiger partial charge in [-0.15, -0.1) is 0 Å². The minimum absolute atomic E-state index is 0.0813. The van der Waals surface area contributed by atoms with Crippen LogP contribution in [0.1, 0.15) is 69.6 Å². The summed E-state index contributed by atoms with van der Waals surface area (Å²) in [5.74, 6) is 0. The largest absolute Gasteiger partial charge is 0.422 e. The minimum atomic E-state index is -0.233. The van der Waals surface area contributed by atoms with Crippen LogP contribution < -0.4 is 5.63 Å². The molecule has 0 N–H and O–H groups in total. The van der Waals surface area contributed by atoms with Gasteiger partial charge in [-0.05, 0) is 42.9 Å². The van der Waals surface area contributed by atoms with Crippen molar-refractivity contribution in [1.29, 1.82) is 0 Å². The lowest BCUT2D eigenvalue weighted by Gasteiger charge is -2.25. The van der Waals surface area contributed by atoms with E-state index in [9.17, 15) is 4.79 Å². The Morgan fingerprint density at radius 1 is 0.962 bits per heavy atom. The molecule has 0 bridgehead atoms. The smallest absolute Gasteiger partial charge is 0.344 e. The van der Waals surface area contributed by atoms with E-state index in [0.29, 0.717) is 11.0 Å². The van der Waals surface area contributed by atoms with Gasteiger partial charge in [-0.3, -0.25) is 0 Å². The summed E-state index contributed by atoms with van der Waals surface area (Å²) in [6.45, 7) is 10.9. The molecular weight excluding hydrogens is 320 g/mol. The van der Waals surface area contributed by atoms with Gasteiger partial charge in [-0.1, -0.05) is 76.3 Å². The summed E-state index contributed by atoms with van der Waals surface area (Å²) in [6.07, 6.45) is 6.22. The summed E-state index contributed by atoms with van der Waals surface area (Å²) in [7, 11) is 0. The number of hydrogen-bond acceptors (Lipinski definition) is 2. The van der Waals surface area contributed by atoms with Crippen LogP contribution in [-0.2, 0) is 5.41 Å². The number of rotatable bonds is 6. The fraction of sp³-hybridized carbons (Fsp3) is 0.458. The highest BCUT2D eigenvalue weighted by molar-refractivity contribution is 6.05. The molecule has 0 atom stereocenters. The van der Waals surface area contributed by atoms with Gasteiger partial charge in [0.25, 0.3) is 0 Å². The lowest BCUT2D eigenvalue weighted by Crippen LogP contribution is -2.17. The third-order valence-electron chi connectivity index (χ3n) is 5.60. The summed E-state index contributed by atoms with van der Waals surface area (Å²) >= 11 is 0. The van der Waals surface area contributed by atoms with Crippen molar-refractivity contribution in [1.82, 2.24) is 0 Å². The average Bonchev–Trinajstić information content (AvgIpc) is 2.57. The van der Waals surface area contributed by atoms with Crippen LogP contribution in [0.2, 0.25) is 0 Å². The second kappa shape index (κ2) is 7.26. The van der Waals surface area contributed by atoms with E-state index < -0.39 is 0 Å². The highest BCUT2D eigenvalue weighted by Crippen LogP contribution is 2.33. The molecule has 2 nitrogen and oxygen atoms in total. The van der Waals surface area contributed by atoms with Crippen molar-refractivity contribution in [2.45, 2.75) is 72.1 Å². The summed E-state index contributed by atoms with van der Waals surface area (Å²) in [5.41, 5.74) is 3.94. The van der Waals surface area contributed by atoms with E-state index in [1.807, 2.05) is 13.0 Å². The summed E-state index contributed by atoms with van der Waals surface area (Å²) in [4.78, 5) is 12.6. The Bertz CT molecular complexity index is 992. The Hall–Kier alpha value is -2.09. The van der Waals surface area contributed by atoms with Gasteiger partial charge in [0.05, 0.1) is 5.39 Å². The van der Waals surface area contributed by atoms with E-state index >= 15 is 0 Å². The van der Waals surface area contributed by atoms with E-state index in [2.05, 4.69) is 52.0 Å². The number of unbranched alkanes of at least 4 members (excludes halogenated alkanes) is 3. The number of hydrogen-bond donors (Lipinski definition) is 0. The molecule has 2 heteroatoms. The van der Waals surface area contributed by atoms with Crippen molar-refractivity contribution < 1.29 is 4.42 Å². The monoisotopic (exact) mass is 350 g/mol. The maximum atomic E-state index is 12.6. The molecule has 1 heterocycles. The van der Waals surface area contributed by atoms with Gasteiger partial charge in [-0.2, -0.15) is 0 Å². The van der Waals surface area contributed by atoms with Crippen LogP contribution in [0.15, 0.2) is 39.5 Å². The van der Waals surface area contributed by atoms with E-state index in [4.69, 9.17) is 4.42 Å². The lowest BCUT2D eigenvalue weighted by molar-refractivity contribution is 0.445. The van der Waals surface area contributed by atoms with Gasteiger partial charge in [0.1, 0.15) is 5.58 Å². The first kappa shape index (κ1) is 18.7. The molecule has 138 valence electrons. The molecule has 0 fully saturated rings. The molecule has 0 aliphatic carbocycles. The molecule has 0 aliphatic heterocycles. The Labute approximate surface area is 156 Å². The molecule has 0 saturated carbocycles. The van der Waals surface area contributed by atoms with Crippen LogP contribution in [0, 0.1) is 13.8 Å². The molecule has 0 spiro atoms. The van der Waals surface area contributed by atoms with Crippen LogP contribution in [0.3, 0.4) is 0 Å². The van der Waals surface area contributed by atoms with Crippen LogP contribution in [0.25, 0.3) is 21.7 Å². The van der Waals surface area contributed by atoms with Gasteiger partial charge in [-0.25, -0.2) is 4.79 Å². The zero-order valence-corrected chi connectivity index (χ0v) is 16.7. The second-order valence-electron chi connectivity index (χ2n) is 8.30. The zero-order chi connectivity index (χ0) is 18.9. The Kier molecular flexibility index (Phi) is 5.22. The fourth-order valence-electron chi connectivity index (χ4n) is 3.99. The molecule has 0 saturated heterocycles. The highest BCUT2D eigenvalue weighted by Gasteiger charge is 2.21. The van der Waals surface area contributed by atoms with Crippen molar-refractivity contribution >= 4 is 21.7 Å². The van der Waals surface area contributed by atoms with Gasteiger partial charge in [0, 0.05) is 10.8 Å². The highest BCUT2D eigenvalue weighted by atomic mass is 16.4. The first-order valence-electron chi connectivity index (χ1n) is 9.82. The predicted molar refractivity (Wildman–Crippen MR) is 111 cm³/mol. The minimum Gasteiger partial charge on any atom is -0.422 e. The standard InChI is InChI=1S/C24H30O2/c1-6-7-8-9-12-24(4,5)18-10-11-19-20-14-16(2)13-17(3)22(20)23(25)26-21(19)15-18/h10-11,13-15H,6-9,12H2,1-5H3. The van der Waals surface area contributed by atoms with Crippen molar-refractivity contribution in [3.05, 3.63) is 57.4 Å². The zero-order valence-electron chi connectivity index (χ0n) is 16.7. The van der Waals surface area contributed by atoms with E-state index in [0.717, 1.165) is 22.8 Å². The molecule has 26 heavy (non-hydrogen) atoms. The Balaban J connectivity index is 2.07. The van der Waals surface area contributed by atoms with Crippen molar-refractivity contribution in [3.63, 3.8) is 0 Å². The lowest BCUT2D eigenvalue weighted by atomic mass is 9.79. The van der Waals surface area contributed by atoms with Gasteiger partial charge in [0.15, 0.2) is 0 Å². The van der Waals surface area contributed by atoms with E-state index in [1.165, 1.54) is 36.8 Å². The molecule has 0 amide bonds. The Morgan fingerprint density at radius 3 is 2.46 bits per heavy atom. The number of fused-ring (bicyclic) bond motifs is 3. The van der Waals surface area contributed by atoms with Crippen LogP contribution in [0.5, 0.6) is 0 Å². The fourth-order valence-corrected chi connectivity index (χ4v) is 3.99. The molecule has 0 aliphatic rings. The first-order valence-corrected chi connectivity index (χ1v) is 9.82. The van der Waals surface area contributed by atoms with Crippen LogP contribution >= 0.6 is 0 Å². The van der Waals surface area contributed by atoms with Gasteiger partial charge in [0.2, 0.25) is 0 Å². The third kappa shape index (κ3) is 3.56. The molecule has 1 aromatic heterocycles. The van der Waals surface area contributed by atoms with Gasteiger partial charge < -0.3 is 4.42 Å². The molecule has 3 rings (SSSR count). The predicted octanol–water partition coefficient (Wildman–Crippen LogP) is 6.81. The number of benzene rings is 2. The average molecular weight is 351 g/mol. The molecule has 2 aromatic carbocycles. The molecule has 0 radical (unpaired) electrons. The second-order valence-corrected chi connectivity index (χ2v) is 8.30. The summed E-state index contributed by atoms with van der Waals surface area (Å²) in [6, 6.07) is 10.5. The van der Waals surface area contributed by atoms with Crippen molar-refractivity contribution in [2.24, 2.45) is 0 Å². The summed E-state index contributed by atoms with van der Waals surface area (Å²) < 4.78 is 5.72.